The quantitative estimate of drug-likeness (QED) is 0.461. The van der Waals surface area contributed by atoms with Gasteiger partial charge >= 0.3 is 0 Å². The number of hydrogen-bond acceptors (Lipinski definition) is 2. The van der Waals surface area contributed by atoms with Crippen LogP contribution in [0.25, 0.3) is 0 Å². The molecule has 1 aromatic heterocycles. The normalized spacial score (nSPS) is 9.40. The van der Waals surface area contributed by atoms with Crippen molar-refractivity contribution in [2.45, 2.75) is 0 Å². The molecule has 0 saturated heterocycles. The van der Waals surface area contributed by atoms with Crippen LogP contribution in [0.5, 0.6) is 0 Å². The van der Waals surface area contributed by atoms with Gasteiger partial charge < -0.3 is 0 Å². The lowest BCUT2D eigenvalue weighted by molar-refractivity contribution is 0.111. The van der Waals surface area contributed by atoms with Gasteiger partial charge in [0.2, 0.25) is 0 Å². The molecule has 0 spiro atoms. The molecule has 52 valence electrons. The minimum atomic E-state index is -0.618. The van der Waals surface area contributed by atoms with E-state index in [1.54, 1.807) is 0 Å². The van der Waals surface area contributed by atoms with Crippen LogP contribution >= 0.6 is 11.6 Å². The maximum atomic E-state index is 12.3. The highest BCUT2D eigenvalue weighted by molar-refractivity contribution is 6.29. The fourth-order valence-corrected chi connectivity index (χ4v) is 0.658. The molecule has 1 rings (SSSR count). The predicted molar refractivity (Wildman–Crippen MR) is 34.6 cm³/mol. The van der Waals surface area contributed by atoms with Crippen LogP contribution in [-0.4, -0.2) is 11.3 Å². The van der Waals surface area contributed by atoms with Gasteiger partial charge in [-0.2, -0.15) is 0 Å². The SMILES string of the molecule is O=Cc1ccc(F)c(Cl)n1. The lowest BCUT2D eigenvalue weighted by atomic mass is 10.4. The first-order chi connectivity index (χ1) is 4.74. The molecule has 0 fully saturated rings. The van der Waals surface area contributed by atoms with Gasteiger partial charge in [0.1, 0.15) is 5.69 Å². The van der Waals surface area contributed by atoms with E-state index in [1.165, 1.54) is 6.07 Å². The Bertz CT molecular complexity index is 264. The van der Waals surface area contributed by atoms with Crippen molar-refractivity contribution in [1.29, 1.82) is 0 Å². The molecule has 0 amide bonds. The zero-order chi connectivity index (χ0) is 7.56. The molecule has 0 saturated carbocycles. The summed E-state index contributed by atoms with van der Waals surface area (Å²) in [5.41, 5.74) is 0.131. The Morgan fingerprint density at radius 2 is 2.30 bits per heavy atom. The van der Waals surface area contributed by atoms with Crippen molar-refractivity contribution in [3.8, 4) is 0 Å². The summed E-state index contributed by atoms with van der Waals surface area (Å²) in [6, 6.07) is 2.35. The van der Waals surface area contributed by atoms with E-state index in [0.29, 0.717) is 6.29 Å². The standard InChI is InChI=1S/C6H3ClFNO/c7-6-5(8)2-1-4(3-10)9-6/h1-3H. The minimum Gasteiger partial charge on any atom is -0.296 e. The third kappa shape index (κ3) is 1.30. The Morgan fingerprint density at radius 3 is 2.80 bits per heavy atom. The molecule has 0 aliphatic heterocycles. The number of hydrogen-bond donors (Lipinski definition) is 0. The molecular formula is C6H3ClFNO. The summed E-state index contributed by atoms with van der Waals surface area (Å²) in [7, 11) is 0. The second-order valence-corrected chi connectivity index (χ2v) is 1.98. The molecular weight excluding hydrogens is 157 g/mol. The topological polar surface area (TPSA) is 30.0 Å². The zero-order valence-corrected chi connectivity index (χ0v) is 5.60. The number of carbonyl (C=O) groups is 1. The molecule has 1 heterocycles. The van der Waals surface area contributed by atoms with Gasteiger partial charge in [-0.05, 0) is 12.1 Å². The van der Waals surface area contributed by atoms with Crippen molar-refractivity contribution in [2.24, 2.45) is 0 Å². The highest BCUT2D eigenvalue weighted by Crippen LogP contribution is 2.09. The lowest BCUT2D eigenvalue weighted by Gasteiger charge is -1.91. The van der Waals surface area contributed by atoms with E-state index in [9.17, 15) is 9.18 Å². The Labute approximate surface area is 61.6 Å². The minimum absolute atomic E-state index is 0.131. The maximum absolute atomic E-state index is 12.3. The first-order valence-electron chi connectivity index (χ1n) is 2.51. The average Bonchev–Trinajstić information content (AvgIpc) is 1.95. The van der Waals surface area contributed by atoms with Gasteiger partial charge in [-0.3, -0.25) is 4.79 Å². The van der Waals surface area contributed by atoms with Gasteiger partial charge in [0.05, 0.1) is 0 Å². The highest BCUT2D eigenvalue weighted by atomic mass is 35.5. The molecule has 0 N–H and O–H groups in total. The molecule has 2 nitrogen and oxygen atoms in total. The number of halogens is 2. The Morgan fingerprint density at radius 1 is 1.60 bits per heavy atom. The van der Waals surface area contributed by atoms with Gasteiger partial charge in [-0.25, -0.2) is 9.37 Å². The monoisotopic (exact) mass is 159 g/mol. The number of rotatable bonds is 1. The smallest absolute Gasteiger partial charge is 0.168 e. The van der Waals surface area contributed by atoms with Crippen LogP contribution in [0.15, 0.2) is 12.1 Å². The number of aromatic nitrogens is 1. The lowest BCUT2D eigenvalue weighted by Crippen LogP contribution is -1.88. The Kier molecular flexibility index (Phi) is 1.97. The molecule has 0 unspecified atom stereocenters. The summed E-state index contributed by atoms with van der Waals surface area (Å²) < 4.78 is 12.3. The number of aldehydes is 1. The summed E-state index contributed by atoms with van der Waals surface area (Å²) in [5.74, 6) is -0.618. The third-order valence-corrected chi connectivity index (χ3v) is 1.21. The van der Waals surface area contributed by atoms with Crippen LogP contribution in [0.3, 0.4) is 0 Å². The summed E-state index contributed by atoms with van der Waals surface area (Å²) >= 11 is 5.25. The average molecular weight is 160 g/mol. The predicted octanol–water partition coefficient (Wildman–Crippen LogP) is 1.69. The van der Waals surface area contributed by atoms with Crippen LogP contribution in [0.4, 0.5) is 4.39 Å². The van der Waals surface area contributed by atoms with Crippen LogP contribution in [0.1, 0.15) is 10.5 Å². The summed E-state index contributed by atoms with van der Waals surface area (Å²) in [6.07, 6.45) is 0.505. The second-order valence-electron chi connectivity index (χ2n) is 1.63. The number of nitrogens with zero attached hydrogens (tertiary/aromatic N) is 1. The molecule has 1 aromatic rings. The molecule has 10 heavy (non-hydrogen) atoms. The fourth-order valence-electron chi connectivity index (χ4n) is 0.497. The van der Waals surface area contributed by atoms with Crippen molar-refractivity contribution in [2.75, 3.05) is 0 Å². The molecule has 0 aliphatic rings. The van der Waals surface area contributed by atoms with Crippen LogP contribution in [0, 0.1) is 5.82 Å². The maximum Gasteiger partial charge on any atom is 0.168 e. The van der Waals surface area contributed by atoms with Crippen LogP contribution < -0.4 is 0 Å². The van der Waals surface area contributed by atoms with Gasteiger partial charge in [0.25, 0.3) is 0 Å². The number of pyridine rings is 1. The van der Waals surface area contributed by atoms with Crippen molar-refractivity contribution in [3.05, 3.63) is 28.8 Å². The second kappa shape index (κ2) is 2.75. The summed E-state index contributed by atoms with van der Waals surface area (Å²) in [5, 5.41) is -0.274. The van der Waals surface area contributed by atoms with E-state index >= 15 is 0 Å². The molecule has 0 aliphatic carbocycles. The van der Waals surface area contributed by atoms with E-state index in [2.05, 4.69) is 4.98 Å². The van der Waals surface area contributed by atoms with Gasteiger partial charge in [0.15, 0.2) is 17.3 Å². The summed E-state index contributed by atoms with van der Waals surface area (Å²) in [4.78, 5) is 13.4. The van der Waals surface area contributed by atoms with E-state index < -0.39 is 5.82 Å². The number of carbonyl (C=O) groups excluding carboxylic acids is 1. The van der Waals surface area contributed by atoms with Gasteiger partial charge in [-0.1, -0.05) is 11.6 Å². The largest absolute Gasteiger partial charge is 0.296 e. The molecule has 0 atom stereocenters. The summed E-state index contributed by atoms with van der Waals surface area (Å²) in [6.45, 7) is 0. The molecule has 0 aromatic carbocycles. The zero-order valence-electron chi connectivity index (χ0n) is 4.84. The van der Waals surface area contributed by atoms with E-state index in [0.717, 1.165) is 6.07 Å². The molecule has 0 bridgehead atoms. The Hall–Kier alpha value is -0.960. The van der Waals surface area contributed by atoms with E-state index in [-0.39, 0.29) is 10.8 Å². The van der Waals surface area contributed by atoms with Gasteiger partial charge in [0, 0.05) is 0 Å². The third-order valence-electron chi connectivity index (χ3n) is 0.946. The van der Waals surface area contributed by atoms with Crippen molar-refractivity contribution < 1.29 is 9.18 Å². The van der Waals surface area contributed by atoms with E-state index in [4.69, 9.17) is 11.6 Å². The van der Waals surface area contributed by atoms with Crippen molar-refractivity contribution in [3.63, 3.8) is 0 Å². The van der Waals surface area contributed by atoms with Gasteiger partial charge in [-0.15, -0.1) is 0 Å². The van der Waals surface area contributed by atoms with Crippen molar-refractivity contribution in [1.82, 2.24) is 4.98 Å². The van der Waals surface area contributed by atoms with Crippen molar-refractivity contribution >= 4 is 17.9 Å². The Balaban J connectivity index is 3.16. The van der Waals surface area contributed by atoms with Crippen LogP contribution in [0.2, 0.25) is 5.15 Å². The highest BCUT2D eigenvalue weighted by Gasteiger charge is 1.99. The van der Waals surface area contributed by atoms with E-state index in [1.807, 2.05) is 0 Å². The molecule has 4 heteroatoms. The first-order valence-corrected chi connectivity index (χ1v) is 2.89. The molecule has 0 radical (unpaired) electrons. The van der Waals surface area contributed by atoms with Crippen LogP contribution in [-0.2, 0) is 0 Å². The fraction of sp³-hybridized carbons (Fsp3) is 0. The first kappa shape index (κ1) is 7.15.